The van der Waals surface area contributed by atoms with Crippen LogP contribution in [0.1, 0.15) is 40.2 Å². The van der Waals surface area contributed by atoms with Gasteiger partial charge in [0.2, 0.25) is 5.91 Å². The fourth-order valence-corrected chi connectivity index (χ4v) is 5.07. The van der Waals surface area contributed by atoms with Crippen LogP contribution in [0, 0.1) is 29.6 Å². The van der Waals surface area contributed by atoms with Crippen molar-refractivity contribution in [1.29, 1.82) is 5.26 Å². The van der Waals surface area contributed by atoms with Crippen LogP contribution in [0.15, 0.2) is 28.8 Å². The average molecular weight is 475 g/mol. The Morgan fingerprint density at radius 3 is 2.53 bits per heavy atom. The van der Waals surface area contributed by atoms with Gasteiger partial charge in [0.1, 0.15) is 5.76 Å². The van der Waals surface area contributed by atoms with Crippen LogP contribution in [0.2, 0.25) is 0 Å². The highest BCUT2D eigenvalue weighted by Crippen LogP contribution is 2.46. The van der Waals surface area contributed by atoms with E-state index < -0.39 is 28.6 Å². The zero-order chi connectivity index (χ0) is 24.7. The van der Waals surface area contributed by atoms with Gasteiger partial charge in [0.05, 0.1) is 23.1 Å². The van der Waals surface area contributed by atoms with E-state index in [1.807, 2.05) is 4.90 Å². The number of nitrogens with one attached hydrogen (secondary N) is 1. The summed E-state index contributed by atoms with van der Waals surface area (Å²) in [4.78, 5) is 29.1. The summed E-state index contributed by atoms with van der Waals surface area (Å²) < 4.78 is 45.2. The molecule has 8 nitrogen and oxygen atoms in total. The van der Waals surface area contributed by atoms with Crippen molar-refractivity contribution in [3.05, 3.63) is 46.8 Å². The van der Waals surface area contributed by atoms with Crippen LogP contribution < -0.4 is 10.2 Å². The number of hydrogen-bond donors (Lipinski definition) is 1. The molecule has 3 heterocycles. The molecular weight excluding hydrogens is 451 g/mol. The molecule has 1 atom stereocenters. The van der Waals surface area contributed by atoms with Gasteiger partial charge in [0.25, 0.3) is 5.91 Å². The highest BCUT2D eigenvalue weighted by atomic mass is 19.4. The molecule has 0 aliphatic carbocycles. The average Bonchev–Trinajstić information content (AvgIpc) is 3.41. The van der Waals surface area contributed by atoms with E-state index in [1.165, 1.54) is 12.1 Å². The first-order valence-corrected chi connectivity index (χ1v) is 10.9. The molecule has 2 fully saturated rings. The number of carbonyl (C=O) groups is 2. The van der Waals surface area contributed by atoms with E-state index in [1.54, 1.807) is 31.0 Å². The summed E-state index contributed by atoms with van der Waals surface area (Å²) in [5.74, 6) is -0.415. The van der Waals surface area contributed by atoms with Crippen molar-refractivity contribution >= 4 is 17.5 Å². The molecule has 2 aliphatic rings. The first-order valence-electron chi connectivity index (χ1n) is 10.9. The van der Waals surface area contributed by atoms with Crippen LogP contribution in [0.4, 0.5) is 18.9 Å². The number of aryl methyl sites for hydroxylation is 1. The van der Waals surface area contributed by atoms with Gasteiger partial charge in [-0.1, -0.05) is 5.16 Å². The molecule has 34 heavy (non-hydrogen) atoms. The molecule has 1 spiro atoms. The summed E-state index contributed by atoms with van der Waals surface area (Å²) in [5, 5.41) is 15.5. The fraction of sp³-hybridized carbons (Fsp3) is 0.478. The number of anilines is 1. The highest BCUT2D eigenvalue weighted by molar-refractivity contribution is 5.93. The Kier molecular flexibility index (Phi) is 6.02. The molecule has 11 heteroatoms. The van der Waals surface area contributed by atoms with E-state index in [0.29, 0.717) is 43.9 Å². The molecule has 4 rings (SSSR count). The molecule has 0 bridgehead atoms. The predicted octanol–water partition coefficient (Wildman–Crippen LogP) is 2.98. The quantitative estimate of drug-likeness (QED) is 0.732. The number of nitriles is 1. The number of piperidine rings is 1. The molecule has 1 unspecified atom stereocenters. The first kappa shape index (κ1) is 23.6. The molecule has 1 N–H and O–H groups in total. The van der Waals surface area contributed by atoms with Crippen molar-refractivity contribution in [3.8, 4) is 6.07 Å². The number of halogens is 3. The lowest BCUT2D eigenvalue weighted by Gasteiger charge is -2.42. The number of hydrogen-bond acceptors (Lipinski definition) is 6. The van der Waals surface area contributed by atoms with Gasteiger partial charge in [-0.3, -0.25) is 9.59 Å². The number of aromatic nitrogens is 1. The van der Waals surface area contributed by atoms with E-state index in [2.05, 4.69) is 10.5 Å². The number of likely N-dealkylation sites (tertiary alicyclic amines) is 1. The maximum Gasteiger partial charge on any atom is 0.417 e. The van der Waals surface area contributed by atoms with E-state index in [9.17, 15) is 22.8 Å². The summed E-state index contributed by atoms with van der Waals surface area (Å²) in [6.45, 7) is 3.11. The Labute approximate surface area is 194 Å². The molecule has 2 aliphatic heterocycles. The van der Waals surface area contributed by atoms with Gasteiger partial charge in [-0.2, -0.15) is 18.4 Å². The molecule has 0 saturated carbocycles. The van der Waals surface area contributed by atoms with Crippen LogP contribution in [0.5, 0.6) is 0 Å². The van der Waals surface area contributed by atoms with Gasteiger partial charge in [0, 0.05) is 50.4 Å². The van der Waals surface area contributed by atoms with E-state index in [-0.39, 0.29) is 24.1 Å². The van der Waals surface area contributed by atoms with Crippen molar-refractivity contribution in [2.75, 3.05) is 38.1 Å². The predicted molar refractivity (Wildman–Crippen MR) is 115 cm³/mol. The molecule has 0 radical (unpaired) electrons. The summed E-state index contributed by atoms with van der Waals surface area (Å²) in [7, 11) is 1.55. The minimum Gasteiger partial charge on any atom is -0.371 e. The molecule has 180 valence electrons. The van der Waals surface area contributed by atoms with Crippen molar-refractivity contribution in [2.24, 2.45) is 11.3 Å². The highest BCUT2D eigenvalue weighted by Gasteiger charge is 2.52. The van der Waals surface area contributed by atoms with Crippen molar-refractivity contribution in [2.45, 2.75) is 25.9 Å². The topological polar surface area (TPSA) is 102 Å². The third-order valence-corrected chi connectivity index (χ3v) is 6.90. The van der Waals surface area contributed by atoms with Gasteiger partial charge in [-0.15, -0.1) is 0 Å². The Morgan fingerprint density at radius 2 is 1.97 bits per heavy atom. The second-order valence-electron chi connectivity index (χ2n) is 8.86. The third-order valence-electron chi connectivity index (χ3n) is 6.90. The second-order valence-corrected chi connectivity index (χ2v) is 8.86. The third kappa shape index (κ3) is 4.20. The standard InChI is InChI=1S/C23H24F3N5O3/c1-14-9-19(29-34-14)21(33)31-12-18(20(32)28-2)22(13-31)5-7-30(8-6-22)16-4-3-15(11-27)17(10-16)23(24,25)26/h3-4,9-10,18H,5-8,12-13H2,1-2H3,(H,28,32). The van der Waals surface area contributed by atoms with Crippen LogP contribution in [-0.4, -0.2) is 55.1 Å². The smallest absolute Gasteiger partial charge is 0.371 e. The normalized spacial score (nSPS) is 19.8. The molecule has 1 aromatic heterocycles. The number of nitrogens with zero attached hydrogens (tertiary/aromatic N) is 4. The molecule has 2 amide bonds. The van der Waals surface area contributed by atoms with E-state index in [4.69, 9.17) is 9.78 Å². The van der Waals surface area contributed by atoms with Crippen LogP contribution >= 0.6 is 0 Å². The zero-order valence-corrected chi connectivity index (χ0v) is 18.8. The van der Waals surface area contributed by atoms with Crippen LogP contribution in [0.3, 0.4) is 0 Å². The maximum absolute atomic E-state index is 13.4. The number of benzene rings is 1. The van der Waals surface area contributed by atoms with E-state index in [0.717, 1.165) is 6.07 Å². The van der Waals surface area contributed by atoms with Crippen LogP contribution in [-0.2, 0) is 11.0 Å². The maximum atomic E-state index is 13.4. The number of amides is 2. The molecule has 2 aromatic rings. The molecule has 2 saturated heterocycles. The summed E-state index contributed by atoms with van der Waals surface area (Å²) in [6.07, 6.45) is -3.59. The lowest BCUT2D eigenvalue weighted by Crippen LogP contribution is -2.48. The summed E-state index contributed by atoms with van der Waals surface area (Å²) in [6, 6.07) is 6.85. The SMILES string of the molecule is CNC(=O)C1CN(C(=O)c2cc(C)on2)CC12CCN(c1ccc(C#N)c(C(F)(F)F)c1)CC2. The summed E-state index contributed by atoms with van der Waals surface area (Å²) >= 11 is 0. The minimum absolute atomic E-state index is 0.169. The van der Waals surface area contributed by atoms with E-state index >= 15 is 0 Å². The summed E-state index contributed by atoms with van der Waals surface area (Å²) in [5.41, 5.74) is -1.32. The van der Waals surface area contributed by atoms with Crippen molar-refractivity contribution in [1.82, 2.24) is 15.4 Å². The molecule has 1 aromatic carbocycles. The number of alkyl halides is 3. The number of rotatable bonds is 3. The van der Waals surface area contributed by atoms with Gasteiger partial charge in [0.15, 0.2) is 5.69 Å². The number of carbonyl (C=O) groups excluding carboxylic acids is 2. The lowest BCUT2D eigenvalue weighted by atomic mass is 9.70. The Bertz CT molecular complexity index is 1150. The van der Waals surface area contributed by atoms with Gasteiger partial charge < -0.3 is 19.6 Å². The van der Waals surface area contributed by atoms with Crippen molar-refractivity contribution in [3.63, 3.8) is 0 Å². The largest absolute Gasteiger partial charge is 0.417 e. The van der Waals surface area contributed by atoms with Gasteiger partial charge in [-0.25, -0.2) is 0 Å². The first-order chi connectivity index (χ1) is 16.1. The Balaban J connectivity index is 1.55. The minimum atomic E-state index is -4.63. The Hall–Kier alpha value is -3.55. The molecular formula is C23H24F3N5O3. The lowest BCUT2D eigenvalue weighted by molar-refractivity contribution is -0.137. The second kappa shape index (κ2) is 8.66. The zero-order valence-electron chi connectivity index (χ0n) is 18.8. The Morgan fingerprint density at radius 1 is 1.26 bits per heavy atom. The van der Waals surface area contributed by atoms with Gasteiger partial charge in [-0.05, 0) is 38.0 Å². The van der Waals surface area contributed by atoms with Crippen LogP contribution in [0.25, 0.3) is 0 Å². The fourth-order valence-electron chi connectivity index (χ4n) is 5.07. The van der Waals surface area contributed by atoms with Gasteiger partial charge >= 0.3 is 6.18 Å². The van der Waals surface area contributed by atoms with Crippen molar-refractivity contribution < 1.29 is 27.3 Å². The monoisotopic (exact) mass is 475 g/mol.